The van der Waals surface area contributed by atoms with Crippen molar-refractivity contribution in [2.45, 2.75) is 19.9 Å². The molecule has 0 aliphatic heterocycles. The maximum Gasteiger partial charge on any atom is 0.0795 e. The minimum atomic E-state index is 0.310. The molecule has 2 rings (SSSR count). The van der Waals surface area contributed by atoms with E-state index in [4.69, 9.17) is 0 Å². The van der Waals surface area contributed by atoms with Crippen LogP contribution in [0.15, 0.2) is 29.9 Å². The van der Waals surface area contributed by atoms with Crippen molar-refractivity contribution < 1.29 is 0 Å². The summed E-state index contributed by atoms with van der Waals surface area (Å²) >= 11 is 4.05. The van der Waals surface area contributed by atoms with Crippen molar-refractivity contribution in [3.8, 4) is 0 Å². The number of nitrogens with zero attached hydrogens (tertiary/aromatic N) is 1. The van der Waals surface area contributed by atoms with Crippen LogP contribution in [0.3, 0.4) is 0 Å². The number of hydrogen-bond donors (Lipinski definition) is 1. The summed E-state index contributed by atoms with van der Waals surface area (Å²) in [5.41, 5.74) is 4.38. The van der Waals surface area contributed by atoms with Gasteiger partial charge in [0, 0.05) is 20.3 Å². The Morgan fingerprint density at radius 1 is 1.44 bits per heavy atom. The molecule has 0 aliphatic carbocycles. The predicted molar refractivity (Wildman–Crippen MR) is 78.0 cm³/mol. The molecule has 0 amide bonds. The lowest BCUT2D eigenvalue weighted by Crippen LogP contribution is -2.06. The summed E-state index contributed by atoms with van der Waals surface area (Å²) in [6.07, 6.45) is 1.92. The van der Waals surface area contributed by atoms with Gasteiger partial charge in [-0.2, -0.15) is 0 Å². The van der Waals surface area contributed by atoms with E-state index in [9.17, 15) is 0 Å². The van der Waals surface area contributed by atoms with Gasteiger partial charge >= 0.3 is 0 Å². The average Bonchev–Trinajstić information content (AvgIpc) is 2.78. The van der Waals surface area contributed by atoms with Crippen LogP contribution in [0.25, 0.3) is 0 Å². The van der Waals surface area contributed by atoms with E-state index in [1.165, 1.54) is 19.7 Å². The minimum Gasteiger partial charge on any atom is -0.377 e. The Balaban J connectivity index is 2.18. The van der Waals surface area contributed by atoms with Crippen molar-refractivity contribution in [1.29, 1.82) is 0 Å². The lowest BCUT2D eigenvalue weighted by Gasteiger charge is -2.16. The molecule has 0 radical (unpaired) electrons. The standard InChI is InChI=1S/C12H13IN2S/c1-8-10(13)4-3-5-11(8)15-9(2)12-6-14-7-16-12/h3-7,9,15H,1-2H3. The van der Waals surface area contributed by atoms with Gasteiger partial charge in [0.2, 0.25) is 0 Å². The Hall–Kier alpha value is -0.620. The summed E-state index contributed by atoms with van der Waals surface area (Å²) in [4.78, 5) is 5.36. The lowest BCUT2D eigenvalue weighted by molar-refractivity contribution is 0.901. The Labute approximate surface area is 113 Å². The Morgan fingerprint density at radius 2 is 2.25 bits per heavy atom. The highest BCUT2D eigenvalue weighted by molar-refractivity contribution is 14.1. The van der Waals surface area contributed by atoms with Crippen LogP contribution in [-0.2, 0) is 0 Å². The van der Waals surface area contributed by atoms with E-state index in [1.807, 2.05) is 11.7 Å². The quantitative estimate of drug-likeness (QED) is 0.843. The van der Waals surface area contributed by atoms with E-state index < -0.39 is 0 Å². The van der Waals surface area contributed by atoms with Gasteiger partial charge in [0.25, 0.3) is 0 Å². The van der Waals surface area contributed by atoms with Gasteiger partial charge in [-0.05, 0) is 54.1 Å². The van der Waals surface area contributed by atoms with Gasteiger partial charge in [-0.1, -0.05) is 6.07 Å². The van der Waals surface area contributed by atoms with E-state index in [2.05, 4.69) is 64.9 Å². The van der Waals surface area contributed by atoms with Crippen LogP contribution in [0.2, 0.25) is 0 Å². The summed E-state index contributed by atoms with van der Waals surface area (Å²) in [7, 11) is 0. The highest BCUT2D eigenvalue weighted by Gasteiger charge is 2.08. The summed E-state index contributed by atoms with van der Waals surface area (Å²) < 4.78 is 1.29. The molecule has 0 fully saturated rings. The van der Waals surface area contributed by atoms with E-state index in [0.29, 0.717) is 6.04 Å². The third-order valence-electron chi connectivity index (χ3n) is 2.52. The van der Waals surface area contributed by atoms with Crippen LogP contribution in [0.1, 0.15) is 23.4 Å². The number of nitrogens with one attached hydrogen (secondary N) is 1. The fraction of sp³-hybridized carbons (Fsp3) is 0.250. The number of thiazole rings is 1. The molecule has 1 unspecified atom stereocenters. The van der Waals surface area contributed by atoms with Gasteiger partial charge in [-0.15, -0.1) is 11.3 Å². The normalized spacial score (nSPS) is 12.4. The van der Waals surface area contributed by atoms with Crippen molar-refractivity contribution in [3.05, 3.63) is 43.9 Å². The summed E-state index contributed by atoms with van der Waals surface area (Å²) in [5, 5.41) is 3.52. The predicted octanol–water partition coefficient (Wildman–Crippen LogP) is 4.23. The molecule has 1 heterocycles. The van der Waals surface area contributed by atoms with Gasteiger partial charge in [0.05, 0.1) is 11.6 Å². The Bertz CT molecular complexity index is 468. The first-order chi connectivity index (χ1) is 7.68. The molecule has 0 saturated carbocycles. The van der Waals surface area contributed by atoms with Crippen molar-refractivity contribution in [2.24, 2.45) is 0 Å². The monoisotopic (exact) mass is 344 g/mol. The number of rotatable bonds is 3. The molecule has 4 heteroatoms. The number of anilines is 1. The Morgan fingerprint density at radius 3 is 2.94 bits per heavy atom. The SMILES string of the molecule is Cc1c(I)cccc1NC(C)c1cncs1. The number of benzene rings is 1. The van der Waals surface area contributed by atoms with Crippen LogP contribution >= 0.6 is 33.9 Å². The molecule has 2 aromatic rings. The van der Waals surface area contributed by atoms with E-state index in [-0.39, 0.29) is 0 Å². The molecular weight excluding hydrogens is 331 g/mol. The van der Waals surface area contributed by atoms with Crippen LogP contribution in [0, 0.1) is 10.5 Å². The highest BCUT2D eigenvalue weighted by Crippen LogP contribution is 2.26. The molecule has 0 aliphatic rings. The maximum absolute atomic E-state index is 4.10. The first-order valence-electron chi connectivity index (χ1n) is 5.08. The number of hydrogen-bond acceptors (Lipinski definition) is 3. The van der Waals surface area contributed by atoms with Crippen molar-refractivity contribution >= 4 is 39.6 Å². The molecule has 1 N–H and O–H groups in total. The van der Waals surface area contributed by atoms with Gasteiger partial charge in [-0.3, -0.25) is 4.98 Å². The fourth-order valence-corrected chi connectivity index (χ4v) is 2.63. The second-order valence-electron chi connectivity index (χ2n) is 3.68. The third kappa shape index (κ3) is 2.55. The molecule has 2 nitrogen and oxygen atoms in total. The zero-order chi connectivity index (χ0) is 11.5. The number of halogens is 1. The van der Waals surface area contributed by atoms with Crippen LogP contribution < -0.4 is 5.32 Å². The number of aromatic nitrogens is 1. The van der Waals surface area contributed by atoms with Gasteiger partial charge in [0.1, 0.15) is 0 Å². The van der Waals surface area contributed by atoms with Gasteiger partial charge in [-0.25, -0.2) is 0 Å². The first kappa shape index (κ1) is 11.9. The molecule has 1 aromatic heterocycles. The zero-order valence-electron chi connectivity index (χ0n) is 9.20. The minimum absolute atomic E-state index is 0.310. The van der Waals surface area contributed by atoms with E-state index in [0.717, 1.165) is 0 Å². The Kier molecular flexibility index (Phi) is 3.81. The lowest BCUT2D eigenvalue weighted by atomic mass is 10.2. The summed E-state index contributed by atoms with van der Waals surface area (Å²) in [6, 6.07) is 6.63. The fourth-order valence-electron chi connectivity index (χ4n) is 1.51. The first-order valence-corrected chi connectivity index (χ1v) is 7.04. The molecule has 16 heavy (non-hydrogen) atoms. The average molecular weight is 344 g/mol. The maximum atomic E-state index is 4.10. The topological polar surface area (TPSA) is 24.9 Å². The van der Waals surface area contributed by atoms with E-state index in [1.54, 1.807) is 11.3 Å². The van der Waals surface area contributed by atoms with Crippen LogP contribution in [0.5, 0.6) is 0 Å². The smallest absolute Gasteiger partial charge is 0.0795 e. The molecular formula is C12H13IN2S. The van der Waals surface area contributed by atoms with Crippen molar-refractivity contribution in [3.63, 3.8) is 0 Å². The summed E-state index contributed by atoms with van der Waals surface area (Å²) in [5.74, 6) is 0. The third-order valence-corrected chi connectivity index (χ3v) is 4.64. The second-order valence-corrected chi connectivity index (χ2v) is 5.76. The molecule has 0 saturated heterocycles. The largest absolute Gasteiger partial charge is 0.377 e. The van der Waals surface area contributed by atoms with Crippen molar-refractivity contribution in [1.82, 2.24) is 4.98 Å². The van der Waals surface area contributed by atoms with Crippen LogP contribution in [-0.4, -0.2) is 4.98 Å². The zero-order valence-corrected chi connectivity index (χ0v) is 12.2. The summed E-state index contributed by atoms with van der Waals surface area (Å²) in [6.45, 7) is 4.30. The molecule has 0 bridgehead atoms. The molecule has 1 atom stereocenters. The van der Waals surface area contributed by atoms with E-state index >= 15 is 0 Å². The molecule has 0 spiro atoms. The molecule has 84 valence electrons. The van der Waals surface area contributed by atoms with Gasteiger partial charge < -0.3 is 5.32 Å². The molecule has 1 aromatic carbocycles. The highest BCUT2D eigenvalue weighted by atomic mass is 127. The van der Waals surface area contributed by atoms with Gasteiger partial charge in [0.15, 0.2) is 0 Å². The second kappa shape index (κ2) is 5.14. The van der Waals surface area contributed by atoms with Crippen LogP contribution in [0.4, 0.5) is 5.69 Å². The van der Waals surface area contributed by atoms with Crippen molar-refractivity contribution in [2.75, 3.05) is 5.32 Å².